The van der Waals surface area contributed by atoms with Gasteiger partial charge in [0, 0.05) is 6.42 Å². The summed E-state index contributed by atoms with van der Waals surface area (Å²) in [7, 11) is -3.76. The molecule has 0 unspecified atom stereocenters. The zero-order chi connectivity index (χ0) is 15.1. The molecular formula is C15H20O5S. The van der Waals surface area contributed by atoms with Crippen molar-refractivity contribution >= 4 is 10.1 Å². The molecule has 2 fully saturated rings. The molecule has 5 nitrogen and oxygen atoms in total. The van der Waals surface area contributed by atoms with Crippen LogP contribution in [0.15, 0.2) is 29.2 Å². The quantitative estimate of drug-likeness (QED) is 0.799. The Labute approximate surface area is 125 Å². The van der Waals surface area contributed by atoms with Crippen LogP contribution in [0.1, 0.15) is 31.7 Å². The summed E-state index contributed by atoms with van der Waals surface area (Å²) in [5.41, 5.74) is 0.369. The maximum Gasteiger partial charge on any atom is 0.297 e. The standard InChI is InChI=1S/C15H20O5S/c1-12-4-6-13(7-5-12)21(16,17)19-11-15-9-3-8-14(2,20-15)18-10-15/h4-7H,3,8-11H2,1-2H3/t14-,15+/m1/s1. The molecule has 2 atom stereocenters. The van der Waals surface area contributed by atoms with Gasteiger partial charge in [-0.2, -0.15) is 8.42 Å². The minimum Gasteiger partial charge on any atom is -0.347 e. The molecule has 2 aliphatic rings. The van der Waals surface area contributed by atoms with E-state index >= 15 is 0 Å². The normalized spacial score (nSPS) is 32.3. The van der Waals surface area contributed by atoms with E-state index in [0.29, 0.717) is 6.61 Å². The smallest absolute Gasteiger partial charge is 0.297 e. The first kappa shape index (κ1) is 15.0. The van der Waals surface area contributed by atoms with E-state index in [1.807, 2.05) is 13.8 Å². The van der Waals surface area contributed by atoms with Crippen molar-refractivity contribution in [3.8, 4) is 0 Å². The van der Waals surface area contributed by atoms with E-state index in [2.05, 4.69) is 0 Å². The first-order valence-electron chi connectivity index (χ1n) is 7.13. The zero-order valence-electron chi connectivity index (χ0n) is 12.3. The predicted octanol–water partition coefficient (Wildman–Crippen LogP) is 2.39. The van der Waals surface area contributed by atoms with Gasteiger partial charge in [-0.3, -0.25) is 4.18 Å². The average molecular weight is 312 g/mol. The van der Waals surface area contributed by atoms with Crippen LogP contribution in [0.5, 0.6) is 0 Å². The minimum absolute atomic E-state index is 0.00119. The van der Waals surface area contributed by atoms with Crippen molar-refractivity contribution in [1.29, 1.82) is 0 Å². The van der Waals surface area contributed by atoms with Crippen LogP contribution < -0.4 is 0 Å². The third kappa shape index (κ3) is 2.99. The molecule has 6 heteroatoms. The van der Waals surface area contributed by atoms with Crippen LogP contribution in [-0.2, 0) is 23.8 Å². The molecule has 2 bridgehead atoms. The third-order valence-electron chi connectivity index (χ3n) is 4.12. The number of hydrogen-bond acceptors (Lipinski definition) is 5. The first-order chi connectivity index (χ1) is 9.83. The van der Waals surface area contributed by atoms with Gasteiger partial charge in [-0.05, 0) is 38.8 Å². The lowest BCUT2D eigenvalue weighted by Crippen LogP contribution is -2.43. The Kier molecular flexibility index (Phi) is 3.60. The highest BCUT2D eigenvalue weighted by molar-refractivity contribution is 7.86. The van der Waals surface area contributed by atoms with Gasteiger partial charge in [0.15, 0.2) is 5.79 Å². The molecule has 116 valence electrons. The van der Waals surface area contributed by atoms with Crippen molar-refractivity contribution in [1.82, 2.24) is 0 Å². The summed E-state index contributed by atoms with van der Waals surface area (Å²) in [6.45, 7) is 4.18. The van der Waals surface area contributed by atoms with Gasteiger partial charge in [0.1, 0.15) is 5.60 Å². The summed E-state index contributed by atoms with van der Waals surface area (Å²) in [5.74, 6) is -0.588. The lowest BCUT2D eigenvalue weighted by molar-refractivity contribution is -0.204. The van der Waals surface area contributed by atoms with Crippen LogP contribution in [0, 0.1) is 6.92 Å². The molecule has 0 saturated carbocycles. The molecule has 2 saturated heterocycles. The Morgan fingerprint density at radius 1 is 1.24 bits per heavy atom. The summed E-state index contributed by atoms with van der Waals surface area (Å²) < 4.78 is 41.2. The van der Waals surface area contributed by atoms with E-state index in [9.17, 15) is 8.42 Å². The van der Waals surface area contributed by atoms with Crippen LogP contribution in [0.2, 0.25) is 0 Å². The van der Waals surface area contributed by atoms with Crippen molar-refractivity contribution < 1.29 is 22.1 Å². The number of hydrogen-bond donors (Lipinski definition) is 0. The van der Waals surface area contributed by atoms with Gasteiger partial charge >= 0.3 is 0 Å². The SMILES string of the molecule is Cc1ccc(S(=O)(=O)OC[C@]23CCC[C@](C)(OC2)O3)cc1. The van der Waals surface area contributed by atoms with E-state index < -0.39 is 21.5 Å². The maximum atomic E-state index is 12.2. The number of rotatable bonds is 4. The van der Waals surface area contributed by atoms with Crippen LogP contribution in [-0.4, -0.2) is 33.0 Å². The van der Waals surface area contributed by atoms with Gasteiger partial charge in [0.25, 0.3) is 10.1 Å². The molecule has 0 N–H and O–H groups in total. The molecule has 3 rings (SSSR count). The molecule has 1 aromatic carbocycles. The molecule has 2 heterocycles. The Morgan fingerprint density at radius 3 is 2.67 bits per heavy atom. The molecule has 0 spiro atoms. The fraction of sp³-hybridized carbons (Fsp3) is 0.600. The Morgan fingerprint density at radius 2 is 1.95 bits per heavy atom. The van der Waals surface area contributed by atoms with Gasteiger partial charge in [-0.25, -0.2) is 0 Å². The molecule has 2 aliphatic heterocycles. The number of benzene rings is 1. The Hall–Kier alpha value is -0.950. The highest BCUT2D eigenvalue weighted by Crippen LogP contribution is 2.43. The van der Waals surface area contributed by atoms with Gasteiger partial charge < -0.3 is 9.47 Å². The predicted molar refractivity (Wildman–Crippen MR) is 76.3 cm³/mol. The Bertz CT molecular complexity index is 624. The van der Waals surface area contributed by atoms with Crippen LogP contribution in [0.4, 0.5) is 0 Å². The average Bonchev–Trinajstić information content (AvgIpc) is 2.68. The van der Waals surface area contributed by atoms with Crippen molar-refractivity contribution in [2.24, 2.45) is 0 Å². The maximum absolute atomic E-state index is 12.2. The lowest BCUT2D eigenvalue weighted by Gasteiger charge is -2.35. The number of aryl methyl sites for hydroxylation is 1. The molecule has 0 amide bonds. The largest absolute Gasteiger partial charge is 0.347 e. The van der Waals surface area contributed by atoms with E-state index in [0.717, 1.165) is 24.8 Å². The van der Waals surface area contributed by atoms with E-state index in [4.69, 9.17) is 13.7 Å². The highest BCUT2D eigenvalue weighted by Gasteiger charge is 2.51. The summed E-state index contributed by atoms with van der Waals surface area (Å²) in [6.07, 6.45) is 2.54. The topological polar surface area (TPSA) is 61.8 Å². The molecule has 0 aromatic heterocycles. The number of fused-ring (bicyclic) bond motifs is 2. The Balaban J connectivity index is 1.71. The van der Waals surface area contributed by atoms with E-state index in [1.54, 1.807) is 24.3 Å². The fourth-order valence-corrected chi connectivity index (χ4v) is 3.86. The second-order valence-corrected chi connectivity index (χ2v) is 7.71. The summed E-state index contributed by atoms with van der Waals surface area (Å²) in [4.78, 5) is 0.169. The first-order valence-corrected chi connectivity index (χ1v) is 8.54. The third-order valence-corrected chi connectivity index (χ3v) is 5.40. The van der Waals surface area contributed by atoms with Crippen LogP contribution in [0.25, 0.3) is 0 Å². The van der Waals surface area contributed by atoms with Crippen LogP contribution >= 0.6 is 0 Å². The van der Waals surface area contributed by atoms with Crippen molar-refractivity contribution in [2.75, 3.05) is 13.2 Å². The van der Waals surface area contributed by atoms with Crippen LogP contribution in [0.3, 0.4) is 0 Å². The van der Waals surface area contributed by atoms with Gasteiger partial charge in [0.2, 0.25) is 0 Å². The second kappa shape index (κ2) is 5.05. The van der Waals surface area contributed by atoms with Gasteiger partial charge in [-0.1, -0.05) is 17.7 Å². The molecule has 0 aliphatic carbocycles. The monoisotopic (exact) mass is 312 g/mol. The molecule has 21 heavy (non-hydrogen) atoms. The zero-order valence-corrected chi connectivity index (χ0v) is 13.1. The van der Waals surface area contributed by atoms with Crippen molar-refractivity contribution in [2.45, 2.75) is 49.4 Å². The van der Waals surface area contributed by atoms with Crippen molar-refractivity contribution in [3.63, 3.8) is 0 Å². The summed E-state index contributed by atoms with van der Waals surface area (Å²) in [5, 5.41) is 0. The molecule has 0 radical (unpaired) electrons. The second-order valence-electron chi connectivity index (χ2n) is 6.09. The van der Waals surface area contributed by atoms with Crippen molar-refractivity contribution in [3.05, 3.63) is 29.8 Å². The van der Waals surface area contributed by atoms with E-state index in [-0.39, 0.29) is 11.5 Å². The summed E-state index contributed by atoms with van der Waals surface area (Å²) in [6, 6.07) is 6.61. The lowest BCUT2D eigenvalue weighted by atomic mass is 9.94. The molecular weight excluding hydrogens is 292 g/mol. The molecule has 1 aromatic rings. The highest BCUT2D eigenvalue weighted by atomic mass is 32.2. The fourth-order valence-electron chi connectivity index (χ4n) is 2.88. The summed E-state index contributed by atoms with van der Waals surface area (Å²) >= 11 is 0. The van der Waals surface area contributed by atoms with Gasteiger partial charge in [-0.15, -0.1) is 0 Å². The van der Waals surface area contributed by atoms with E-state index in [1.165, 1.54) is 0 Å². The van der Waals surface area contributed by atoms with Gasteiger partial charge in [0.05, 0.1) is 18.1 Å². The minimum atomic E-state index is -3.76. The number of ether oxygens (including phenoxy) is 2.